The van der Waals surface area contributed by atoms with Crippen LogP contribution in [0.15, 0.2) is 54.6 Å². The van der Waals surface area contributed by atoms with Crippen molar-refractivity contribution in [1.82, 2.24) is 0 Å². The van der Waals surface area contributed by atoms with Gasteiger partial charge in [-0.15, -0.1) is 0 Å². The van der Waals surface area contributed by atoms with E-state index in [2.05, 4.69) is 43.4 Å². The third-order valence-corrected chi connectivity index (χ3v) is 4.23. The van der Waals surface area contributed by atoms with Crippen LogP contribution in [0.1, 0.15) is 42.6 Å². The summed E-state index contributed by atoms with van der Waals surface area (Å²) in [5.74, 6) is 0. The molecule has 0 spiro atoms. The number of unbranched alkanes of at least 4 members (excludes halogenated alkanes) is 1. The van der Waals surface area contributed by atoms with E-state index in [1.54, 1.807) is 0 Å². The normalized spacial score (nSPS) is 13.6. The number of benzene rings is 2. The van der Waals surface area contributed by atoms with E-state index in [9.17, 15) is 5.11 Å². The zero-order valence-corrected chi connectivity index (χ0v) is 14.8. The number of quaternary nitrogens is 1. The molecule has 0 aliphatic heterocycles. The van der Waals surface area contributed by atoms with Crippen molar-refractivity contribution in [3.8, 4) is 0 Å². The number of aliphatic hydroxyl groups is 1. The highest BCUT2D eigenvalue weighted by molar-refractivity contribution is 5.35. The van der Waals surface area contributed by atoms with Crippen molar-refractivity contribution in [3.63, 3.8) is 0 Å². The lowest BCUT2D eigenvalue weighted by molar-refractivity contribution is -0.661. The first-order valence-electron chi connectivity index (χ1n) is 8.94. The van der Waals surface area contributed by atoms with Gasteiger partial charge >= 0.3 is 0 Å². The van der Waals surface area contributed by atoms with E-state index in [0.717, 1.165) is 17.7 Å². The Hall–Kier alpha value is -1.68. The topological polar surface area (TPSA) is 46.1 Å². The van der Waals surface area contributed by atoms with Crippen LogP contribution in [0.4, 0.5) is 0 Å². The Bertz CT molecular complexity index is 585. The predicted octanol–water partition coefficient (Wildman–Crippen LogP) is 2.83. The van der Waals surface area contributed by atoms with Crippen molar-refractivity contribution >= 4 is 0 Å². The zero-order chi connectivity index (χ0) is 17.2. The summed E-state index contributed by atoms with van der Waals surface area (Å²) >= 11 is 0. The summed E-state index contributed by atoms with van der Waals surface area (Å²) in [5, 5.41) is 12.4. The molecule has 0 aromatic heterocycles. The SMILES string of the molecule is CCCC[NH2+]C[C@H](O)CO[C@@H](c1ccccc1)c1ccccc1C. The number of nitrogens with two attached hydrogens (primary N) is 1. The lowest BCUT2D eigenvalue weighted by Gasteiger charge is -2.22. The van der Waals surface area contributed by atoms with Crippen LogP contribution in [-0.2, 0) is 4.74 Å². The minimum Gasteiger partial charge on any atom is -0.385 e. The number of ether oxygens (including phenoxy) is 1. The molecule has 2 atom stereocenters. The van der Waals surface area contributed by atoms with Gasteiger partial charge in [0.05, 0.1) is 13.2 Å². The fraction of sp³-hybridized carbons (Fsp3) is 0.429. The average molecular weight is 328 g/mol. The molecule has 0 unspecified atom stereocenters. The molecule has 2 aromatic carbocycles. The van der Waals surface area contributed by atoms with Gasteiger partial charge in [0, 0.05) is 0 Å². The Labute approximate surface area is 145 Å². The maximum atomic E-state index is 10.2. The van der Waals surface area contributed by atoms with Gasteiger partial charge in [-0.05, 0) is 30.0 Å². The Kier molecular flexibility index (Phi) is 7.96. The van der Waals surface area contributed by atoms with E-state index >= 15 is 0 Å². The summed E-state index contributed by atoms with van der Waals surface area (Å²) in [7, 11) is 0. The molecule has 3 nitrogen and oxygen atoms in total. The van der Waals surface area contributed by atoms with Gasteiger partial charge in [0.25, 0.3) is 0 Å². The number of rotatable bonds is 10. The first-order chi connectivity index (χ1) is 11.7. The fourth-order valence-electron chi connectivity index (χ4n) is 2.81. The van der Waals surface area contributed by atoms with Crippen LogP contribution >= 0.6 is 0 Å². The molecule has 24 heavy (non-hydrogen) atoms. The van der Waals surface area contributed by atoms with Crippen molar-refractivity contribution in [3.05, 3.63) is 71.3 Å². The van der Waals surface area contributed by atoms with E-state index in [1.807, 2.05) is 30.3 Å². The summed E-state index contributed by atoms with van der Waals surface area (Å²) in [5.41, 5.74) is 3.48. The molecule has 0 amide bonds. The molecular formula is C21H30NO2+. The van der Waals surface area contributed by atoms with E-state index < -0.39 is 6.10 Å². The smallest absolute Gasteiger partial charge is 0.126 e. The first kappa shape index (κ1) is 18.7. The Morgan fingerprint density at radius 1 is 1.04 bits per heavy atom. The molecule has 0 saturated heterocycles. The second-order valence-electron chi connectivity index (χ2n) is 6.30. The van der Waals surface area contributed by atoms with Gasteiger partial charge in [0.1, 0.15) is 18.8 Å². The van der Waals surface area contributed by atoms with E-state index in [-0.39, 0.29) is 6.10 Å². The minimum absolute atomic E-state index is 0.141. The second-order valence-corrected chi connectivity index (χ2v) is 6.30. The Morgan fingerprint density at radius 3 is 2.46 bits per heavy atom. The third-order valence-electron chi connectivity index (χ3n) is 4.23. The Morgan fingerprint density at radius 2 is 1.75 bits per heavy atom. The monoisotopic (exact) mass is 328 g/mol. The highest BCUT2D eigenvalue weighted by Gasteiger charge is 2.18. The summed E-state index contributed by atoms with van der Waals surface area (Å²) in [6.45, 7) is 6.38. The van der Waals surface area contributed by atoms with Crippen molar-refractivity contribution in [2.24, 2.45) is 0 Å². The molecule has 0 saturated carbocycles. The molecular weight excluding hydrogens is 298 g/mol. The van der Waals surface area contributed by atoms with E-state index in [1.165, 1.54) is 18.4 Å². The molecule has 0 heterocycles. The summed E-state index contributed by atoms with van der Waals surface area (Å²) in [6, 6.07) is 18.5. The zero-order valence-electron chi connectivity index (χ0n) is 14.8. The summed E-state index contributed by atoms with van der Waals surface area (Å²) < 4.78 is 6.14. The number of hydrogen-bond donors (Lipinski definition) is 2. The number of hydrogen-bond acceptors (Lipinski definition) is 2. The van der Waals surface area contributed by atoms with Crippen molar-refractivity contribution in [1.29, 1.82) is 0 Å². The van der Waals surface area contributed by atoms with Gasteiger partial charge in [-0.1, -0.05) is 67.9 Å². The highest BCUT2D eigenvalue weighted by atomic mass is 16.5. The molecule has 130 valence electrons. The molecule has 0 aliphatic carbocycles. The van der Waals surface area contributed by atoms with Crippen molar-refractivity contribution < 1.29 is 15.2 Å². The molecule has 0 aliphatic rings. The maximum absolute atomic E-state index is 10.2. The quantitative estimate of drug-likeness (QED) is 0.659. The molecule has 3 N–H and O–H groups in total. The average Bonchev–Trinajstić information content (AvgIpc) is 2.61. The predicted molar refractivity (Wildman–Crippen MR) is 98.0 cm³/mol. The van der Waals surface area contributed by atoms with E-state index in [4.69, 9.17) is 4.74 Å². The number of aliphatic hydroxyl groups excluding tert-OH is 1. The molecule has 2 aromatic rings. The van der Waals surface area contributed by atoms with Crippen LogP contribution in [0.2, 0.25) is 0 Å². The largest absolute Gasteiger partial charge is 0.385 e. The van der Waals surface area contributed by atoms with E-state index in [0.29, 0.717) is 13.2 Å². The van der Waals surface area contributed by atoms with Crippen LogP contribution < -0.4 is 5.32 Å². The maximum Gasteiger partial charge on any atom is 0.126 e. The van der Waals surface area contributed by atoms with Gasteiger partial charge < -0.3 is 15.2 Å². The third kappa shape index (κ3) is 5.75. The standard InChI is InChI=1S/C21H29NO2/c1-3-4-14-22-15-19(23)16-24-21(18-11-6-5-7-12-18)20-13-9-8-10-17(20)2/h5-13,19,21-23H,3-4,14-16H2,1-2H3/p+1/t19-,21-/m0/s1. The molecule has 0 radical (unpaired) electrons. The van der Waals surface area contributed by atoms with Crippen molar-refractivity contribution in [2.45, 2.75) is 38.9 Å². The van der Waals surface area contributed by atoms with Crippen molar-refractivity contribution in [2.75, 3.05) is 19.7 Å². The van der Waals surface area contributed by atoms with Gasteiger partial charge in [0.15, 0.2) is 0 Å². The highest BCUT2D eigenvalue weighted by Crippen LogP contribution is 2.28. The van der Waals surface area contributed by atoms with Gasteiger partial charge in [-0.3, -0.25) is 0 Å². The van der Waals surface area contributed by atoms with Crippen LogP contribution in [0.25, 0.3) is 0 Å². The van der Waals surface area contributed by atoms with Crippen LogP contribution in [0, 0.1) is 6.92 Å². The van der Waals surface area contributed by atoms with Crippen LogP contribution in [0.5, 0.6) is 0 Å². The molecule has 0 fully saturated rings. The van der Waals surface area contributed by atoms with Crippen LogP contribution in [0.3, 0.4) is 0 Å². The van der Waals surface area contributed by atoms with Gasteiger partial charge in [-0.25, -0.2) is 0 Å². The van der Waals surface area contributed by atoms with Crippen LogP contribution in [-0.4, -0.2) is 30.9 Å². The molecule has 2 rings (SSSR count). The lowest BCUT2D eigenvalue weighted by Crippen LogP contribution is -2.86. The first-order valence-corrected chi connectivity index (χ1v) is 8.94. The lowest BCUT2D eigenvalue weighted by atomic mass is 9.97. The molecule has 0 bridgehead atoms. The minimum atomic E-state index is -0.447. The summed E-state index contributed by atoms with van der Waals surface area (Å²) in [4.78, 5) is 0. The number of aryl methyl sites for hydroxylation is 1. The second kappa shape index (κ2) is 10.2. The Balaban J connectivity index is 2.01. The van der Waals surface area contributed by atoms with Gasteiger partial charge in [0.2, 0.25) is 0 Å². The molecule has 3 heteroatoms. The fourth-order valence-corrected chi connectivity index (χ4v) is 2.81. The summed E-state index contributed by atoms with van der Waals surface area (Å²) in [6.07, 6.45) is 1.78. The van der Waals surface area contributed by atoms with Gasteiger partial charge in [-0.2, -0.15) is 0 Å².